The van der Waals surface area contributed by atoms with E-state index in [-0.39, 0.29) is 42.2 Å². The number of ketones is 1. The second-order valence-corrected chi connectivity index (χ2v) is 17.9. The summed E-state index contributed by atoms with van der Waals surface area (Å²) in [5.74, 6) is -1.41. The van der Waals surface area contributed by atoms with Crippen molar-refractivity contribution in [2.75, 3.05) is 24.7 Å². The van der Waals surface area contributed by atoms with Crippen LogP contribution < -0.4 is 4.74 Å². The second-order valence-electron chi connectivity index (χ2n) is 16.6. The van der Waals surface area contributed by atoms with Crippen molar-refractivity contribution in [3.8, 4) is 5.75 Å². The molecule has 6 rings (SSSR count). The zero-order valence-electron chi connectivity index (χ0n) is 31.6. The third-order valence-corrected chi connectivity index (χ3v) is 14.2. The molecule has 11 heteroatoms. The zero-order valence-corrected chi connectivity index (χ0v) is 32.4. The van der Waals surface area contributed by atoms with Crippen molar-refractivity contribution >= 4 is 17.5 Å². The summed E-state index contributed by atoms with van der Waals surface area (Å²) in [5, 5.41) is 0. The summed E-state index contributed by atoms with van der Waals surface area (Å²) in [7, 11) is 0. The minimum atomic E-state index is -5.46. The Balaban J connectivity index is 1.01. The molecule has 4 fully saturated rings. The van der Waals surface area contributed by atoms with Crippen molar-refractivity contribution in [2.24, 2.45) is 23.2 Å². The molecule has 53 heavy (non-hydrogen) atoms. The highest BCUT2D eigenvalue weighted by molar-refractivity contribution is 7.99. The Morgan fingerprint density at radius 3 is 2.19 bits per heavy atom. The first-order valence-corrected chi connectivity index (χ1v) is 21.9. The summed E-state index contributed by atoms with van der Waals surface area (Å²) in [6, 6.07) is 6.23. The molecular formula is C42H61F5O5S. The van der Waals surface area contributed by atoms with Gasteiger partial charge in [0.2, 0.25) is 0 Å². The van der Waals surface area contributed by atoms with Crippen LogP contribution >= 0.6 is 11.8 Å². The molecule has 300 valence electrons. The van der Waals surface area contributed by atoms with Gasteiger partial charge in [-0.2, -0.15) is 33.7 Å². The molecule has 0 aromatic heterocycles. The number of benzene rings is 1. The van der Waals surface area contributed by atoms with Crippen LogP contribution in [0.2, 0.25) is 0 Å². The summed E-state index contributed by atoms with van der Waals surface area (Å²) in [4.78, 5) is 14.6. The second kappa shape index (κ2) is 18.7. The van der Waals surface area contributed by atoms with Crippen LogP contribution in [0.4, 0.5) is 22.0 Å². The number of alkyl halides is 5. The number of thioether (sulfide) groups is 1. The van der Waals surface area contributed by atoms with Crippen LogP contribution in [0.5, 0.6) is 5.75 Å². The average molecular weight is 773 g/mol. The lowest BCUT2D eigenvalue weighted by molar-refractivity contribution is -0.284. The fraction of sp³-hybridized carbons (Fsp3) is 0.833. The quantitative estimate of drug-likeness (QED) is 0.109. The topological polar surface area (TPSA) is 54.0 Å². The lowest BCUT2D eigenvalue weighted by Crippen LogP contribution is -2.50. The number of carbonyl (C=O) groups is 1. The van der Waals surface area contributed by atoms with Crippen molar-refractivity contribution < 1.29 is 45.7 Å². The van der Waals surface area contributed by atoms with Crippen LogP contribution in [0.1, 0.15) is 157 Å². The maximum atomic E-state index is 14.6. The summed E-state index contributed by atoms with van der Waals surface area (Å²) in [6.45, 7) is 3.91. The molecule has 0 amide bonds. The largest absolute Gasteiger partial charge is 0.465 e. The van der Waals surface area contributed by atoms with E-state index in [0.29, 0.717) is 30.1 Å². The average Bonchev–Trinajstić information content (AvgIpc) is 3.47. The van der Waals surface area contributed by atoms with Crippen molar-refractivity contribution in [1.82, 2.24) is 0 Å². The van der Waals surface area contributed by atoms with E-state index in [1.807, 2.05) is 6.07 Å². The highest BCUT2D eigenvalue weighted by Gasteiger charge is 2.59. The smallest absolute Gasteiger partial charge is 0.453 e. The van der Waals surface area contributed by atoms with Crippen molar-refractivity contribution in [3.63, 3.8) is 0 Å². The highest BCUT2D eigenvalue weighted by atomic mass is 32.2. The standard InChI is InChI=1S/C42H61F5O5S/c1-40-23-21-31-30-18-17-29(51-36-15-8-10-24-49-36)28-33(30)39(48)32(38(31)34(40)19-20-35(40)52-37-16-9-11-25-50-37)14-7-5-3-2-4-6-12-26-53-27-13-22-41(43,44)42(45,46)47/h17-18,28,31-32,34-38H,2-16,19-27H2,1H3/t31?,32-,34?,35?,36?,37?,38?,40?/m0/s1. The summed E-state index contributed by atoms with van der Waals surface area (Å²) in [5.41, 5.74) is 2.08. The predicted molar refractivity (Wildman–Crippen MR) is 198 cm³/mol. The molecular weight excluding hydrogens is 712 g/mol. The lowest BCUT2D eigenvalue weighted by atomic mass is 9.51. The van der Waals surface area contributed by atoms with E-state index in [1.54, 1.807) is 0 Å². The number of carbonyl (C=O) groups excluding carboxylic acids is 1. The molecule has 1 aromatic rings. The zero-order chi connectivity index (χ0) is 37.5. The molecule has 3 aliphatic carbocycles. The van der Waals surface area contributed by atoms with Gasteiger partial charge in [-0.15, -0.1) is 0 Å². The number of unbranched alkanes of at least 4 members (excludes halogenated alkanes) is 6. The lowest BCUT2D eigenvalue weighted by Gasteiger charge is -2.53. The van der Waals surface area contributed by atoms with Gasteiger partial charge in [-0.1, -0.05) is 51.5 Å². The molecule has 0 bridgehead atoms. The van der Waals surface area contributed by atoms with E-state index in [2.05, 4.69) is 19.1 Å². The maximum absolute atomic E-state index is 14.6. The van der Waals surface area contributed by atoms with Crippen molar-refractivity contribution in [2.45, 2.75) is 172 Å². The minimum absolute atomic E-state index is 0.0175. The molecule has 5 aliphatic rings. The van der Waals surface area contributed by atoms with E-state index in [4.69, 9.17) is 18.9 Å². The highest BCUT2D eigenvalue weighted by Crippen LogP contribution is 2.63. The van der Waals surface area contributed by atoms with Gasteiger partial charge in [0.15, 0.2) is 18.4 Å². The van der Waals surface area contributed by atoms with Gasteiger partial charge in [-0.25, -0.2) is 0 Å². The Labute approximate surface area is 317 Å². The van der Waals surface area contributed by atoms with Crippen LogP contribution in [-0.2, 0) is 14.2 Å². The van der Waals surface area contributed by atoms with Gasteiger partial charge in [-0.05, 0) is 129 Å². The molecule has 1 aromatic carbocycles. The predicted octanol–water partition coefficient (Wildman–Crippen LogP) is 12.1. The summed E-state index contributed by atoms with van der Waals surface area (Å²) >= 11 is 1.46. The number of hydrogen-bond acceptors (Lipinski definition) is 6. The number of fused-ring (bicyclic) bond motifs is 5. The third kappa shape index (κ3) is 10.1. The van der Waals surface area contributed by atoms with Gasteiger partial charge in [0.25, 0.3) is 0 Å². The van der Waals surface area contributed by atoms with Crippen LogP contribution in [0.3, 0.4) is 0 Å². The third-order valence-electron chi connectivity index (χ3n) is 13.1. The van der Waals surface area contributed by atoms with E-state index in [0.717, 1.165) is 139 Å². The summed E-state index contributed by atoms with van der Waals surface area (Å²) < 4.78 is 87.9. The molecule has 8 atom stereocenters. The fourth-order valence-corrected chi connectivity index (χ4v) is 11.1. The summed E-state index contributed by atoms with van der Waals surface area (Å²) in [6.07, 6.45) is 11.8. The molecule has 2 saturated carbocycles. The molecule has 2 heterocycles. The van der Waals surface area contributed by atoms with Gasteiger partial charge >= 0.3 is 12.1 Å². The number of Topliss-reactive ketones (excluding diaryl/α,β-unsaturated/α-hetero) is 1. The van der Waals surface area contributed by atoms with E-state index in [9.17, 15) is 26.7 Å². The molecule has 2 aliphatic heterocycles. The first kappa shape index (κ1) is 41.2. The van der Waals surface area contributed by atoms with E-state index in [1.165, 1.54) is 17.3 Å². The van der Waals surface area contributed by atoms with Crippen LogP contribution in [0.15, 0.2) is 18.2 Å². The molecule has 5 nitrogen and oxygen atoms in total. The minimum Gasteiger partial charge on any atom is -0.465 e. The van der Waals surface area contributed by atoms with Gasteiger partial charge in [0.1, 0.15) is 5.75 Å². The first-order valence-electron chi connectivity index (χ1n) is 20.7. The van der Waals surface area contributed by atoms with Crippen LogP contribution in [0.25, 0.3) is 0 Å². The number of ether oxygens (including phenoxy) is 4. The first-order chi connectivity index (χ1) is 25.5. The Kier molecular flexibility index (Phi) is 14.5. The van der Waals surface area contributed by atoms with Gasteiger partial charge in [0, 0.05) is 30.9 Å². The Morgan fingerprint density at radius 2 is 1.49 bits per heavy atom. The SMILES string of the molecule is CC12CCC3c4ccc(OC5CCCCO5)cc4C(=O)[C@@H](CCCCCCCCCSCCCC(F)(F)C(F)(F)F)C3C1CCC2OC1CCCCO1. The Morgan fingerprint density at radius 1 is 0.811 bits per heavy atom. The molecule has 0 N–H and O–H groups in total. The van der Waals surface area contributed by atoms with E-state index < -0.39 is 18.5 Å². The molecule has 7 unspecified atom stereocenters. The number of rotatable bonds is 18. The number of halogens is 5. The monoisotopic (exact) mass is 772 g/mol. The Hall–Kier alpha value is -1.43. The van der Waals surface area contributed by atoms with E-state index >= 15 is 0 Å². The van der Waals surface area contributed by atoms with Crippen molar-refractivity contribution in [1.29, 1.82) is 0 Å². The molecule has 2 saturated heterocycles. The van der Waals surface area contributed by atoms with Gasteiger partial charge in [0.05, 0.1) is 12.7 Å². The van der Waals surface area contributed by atoms with Gasteiger partial charge in [-0.3, -0.25) is 4.79 Å². The number of hydrogen-bond donors (Lipinski definition) is 0. The van der Waals surface area contributed by atoms with Crippen LogP contribution in [0, 0.1) is 23.2 Å². The van der Waals surface area contributed by atoms with Gasteiger partial charge < -0.3 is 18.9 Å². The normalized spacial score (nSPS) is 31.9. The molecule has 0 radical (unpaired) electrons. The fourth-order valence-electron chi connectivity index (χ4n) is 10.2. The maximum Gasteiger partial charge on any atom is 0.453 e. The molecule has 0 spiro atoms. The van der Waals surface area contributed by atoms with Crippen LogP contribution in [-0.4, -0.2) is 61.3 Å². The van der Waals surface area contributed by atoms with Crippen molar-refractivity contribution in [3.05, 3.63) is 29.3 Å². The Bertz CT molecular complexity index is 1320.